The number of aryl methyl sites for hydroxylation is 1. The van der Waals surface area contributed by atoms with Gasteiger partial charge in [-0.25, -0.2) is 4.98 Å². The van der Waals surface area contributed by atoms with Crippen molar-refractivity contribution < 1.29 is 0 Å². The number of hydrogen-bond donors (Lipinski definition) is 1. The maximum Gasteiger partial charge on any atom is 0.129 e. The molecule has 0 spiro atoms. The van der Waals surface area contributed by atoms with E-state index in [0.29, 0.717) is 17.1 Å². The molecule has 3 heteroatoms. The van der Waals surface area contributed by atoms with Gasteiger partial charge in [-0.2, -0.15) is 0 Å². The van der Waals surface area contributed by atoms with E-state index >= 15 is 0 Å². The summed E-state index contributed by atoms with van der Waals surface area (Å²) in [6.07, 6.45) is 4.17. The summed E-state index contributed by atoms with van der Waals surface area (Å²) in [5.74, 6) is 0.693. The van der Waals surface area contributed by atoms with Gasteiger partial charge in [0.1, 0.15) is 5.15 Å². The number of nitrogens with one attached hydrogen (secondary N) is 1. The first-order valence-corrected chi connectivity index (χ1v) is 7.04. The maximum atomic E-state index is 5.78. The number of rotatable bonds is 3. The number of hydrogen-bond acceptors (Lipinski definition) is 2. The molecule has 3 rings (SSSR count). The van der Waals surface area contributed by atoms with Crippen LogP contribution in [0.5, 0.6) is 0 Å². The predicted octanol–water partition coefficient (Wildman–Crippen LogP) is 4.40. The fourth-order valence-electron chi connectivity index (χ4n) is 2.73. The third-order valence-electron chi connectivity index (χ3n) is 3.86. The molecule has 0 aliphatic heterocycles. The minimum absolute atomic E-state index is 0.539. The topological polar surface area (TPSA) is 24.9 Å². The van der Waals surface area contributed by atoms with Crippen molar-refractivity contribution in [2.24, 2.45) is 0 Å². The molecule has 0 bridgehead atoms. The molecule has 1 aliphatic rings. The van der Waals surface area contributed by atoms with Gasteiger partial charge in [0.05, 0.1) is 11.9 Å². The third-order valence-corrected chi connectivity index (χ3v) is 4.09. The molecule has 0 unspecified atom stereocenters. The first-order valence-electron chi connectivity index (χ1n) is 6.66. The van der Waals surface area contributed by atoms with E-state index in [-0.39, 0.29) is 0 Å². The summed E-state index contributed by atoms with van der Waals surface area (Å²) >= 11 is 5.78. The van der Waals surface area contributed by atoms with Crippen molar-refractivity contribution in [2.45, 2.75) is 31.7 Å². The highest BCUT2D eigenvalue weighted by Gasteiger charge is 2.30. The second kappa shape index (κ2) is 5.22. The highest BCUT2D eigenvalue weighted by atomic mass is 35.5. The van der Waals surface area contributed by atoms with Crippen molar-refractivity contribution in [3.05, 3.63) is 58.9 Å². The standard InChI is InChI=1S/C16H17ClN2/c1-11-4-2-3-5-15(11)12-8-14(9-12)19-13-6-7-16(17)18-10-13/h2-7,10,12,14,19H,8-9H2,1H3. The number of aromatic nitrogens is 1. The maximum absolute atomic E-state index is 5.78. The van der Waals surface area contributed by atoms with E-state index in [2.05, 4.69) is 41.5 Å². The molecule has 98 valence electrons. The molecule has 2 aromatic rings. The fraction of sp³-hybridized carbons (Fsp3) is 0.312. The van der Waals surface area contributed by atoms with E-state index in [1.807, 2.05) is 12.1 Å². The van der Waals surface area contributed by atoms with E-state index in [9.17, 15) is 0 Å². The van der Waals surface area contributed by atoms with Crippen LogP contribution in [0.4, 0.5) is 5.69 Å². The monoisotopic (exact) mass is 272 g/mol. The lowest BCUT2D eigenvalue weighted by molar-refractivity contribution is 0.373. The van der Waals surface area contributed by atoms with E-state index in [1.165, 1.54) is 24.0 Å². The Kier molecular flexibility index (Phi) is 3.43. The lowest BCUT2D eigenvalue weighted by Crippen LogP contribution is -2.34. The fourth-order valence-corrected chi connectivity index (χ4v) is 2.84. The van der Waals surface area contributed by atoms with Gasteiger partial charge in [-0.15, -0.1) is 0 Å². The zero-order valence-electron chi connectivity index (χ0n) is 10.9. The van der Waals surface area contributed by atoms with Crippen molar-refractivity contribution in [1.29, 1.82) is 0 Å². The van der Waals surface area contributed by atoms with Gasteiger partial charge in [-0.1, -0.05) is 35.9 Å². The minimum atomic E-state index is 0.539. The Balaban J connectivity index is 1.58. The molecule has 1 N–H and O–H groups in total. The zero-order valence-corrected chi connectivity index (χ0v) is 11.7. The number of halogens is 1. The average Bonchev–Trinajstić information content (AvgIpc) is 2.37. The van der Waals surface area contributed by atoms with Crippen molar-refractivity contribution in [1.82, 2.24) is 4.98 Å². The third kappa shape index (κ3) is 2.74. The van der Waals surface area contributed by atoms with Crippen LogP contribution in [0.1, 0.15) is 29.9 Å². The van der Waals surface area contributed by atoms with Gasteiger partial charge in [0.25, 0.3) is 0 Å². The van der Waals surface area contributed by atoms with Crippen LogP contribution in [0, 0.1) is 6.92 Å². The van der Waals surface area contributed by atoms with Crippen molar-refractivity contribution in [3.8, 4) is 0 Å². The molecule has 0 amide bonds. The Bertz CT molecular complexity index is 559. The molecule has 0 atom stereocenters. The van der Waals surface area contributed by atoms with Gasteiger partial charge in [0, 0.05) is 6.04 Å². The molecular weight excluding hydrogens is 256 g/mol. The summed E-state index contributed by atoms with van der Waals surface area (Å²) < 4.78 is 0. The predicted molar refractivity (Wildman–Crippen MR) is 79.8 cm³/mol. The quantitative estimate of drug-likeness (QED) is 0.838. The molecular formula is C16H17ClN2. The van der Waals surface area contributed by atoms with E-state index < -0.39 is 0 Å². The number of benzene rings is 1. The van der Waals surface area contributed by atoms with Crippen molar-refractivity contribution in [2.75, 3.05) is 5.32 Å². The first-order chi connectivity index (χ1) is 9.22. The Morgan fingerprint density at radius 3 is 2.63 bits per heavy atom. The van der Waals surface area contributed by atoms with Crippen LogP contribution < -0.4 is 5.32 Å². The first kappa shape index (κ1) is 12.5. The molecule has 2 nitrogen and oxygen atoms in total. The van der Waals surface area contributed by atoms with Crippen LogP contribution in [0.15, 0.2) is 42.6 Å². The second-order valence-electron chi connectivity index (χ2n) is 5.24. The minimum Gasteiger partial charge on any atom is -0.381 e. The molecule has 0 saturated heterocycles. The molecule has 1 aromatic heterocycles. The Hall–Kier alpha value is -1.54. The zero-order chi connectivity index (χ0) is 13.2. The van der Waals surface area contributed by atoms with E-state index in [4.69, 9.17) is 11.6 Å². The number of pyridine rings is 1. The number of anilines is 1. The summed E-state index contributed by atoms with van der Waals surface area (Å²) in [5, 5.41) is 4.04. The van der Waals surface area contributed by atoms with Gasteiger partial charge in [0.2, 0.25) is 0 Å². The molecule has 1 saturated carbocycles. The Morgan fingerprint density at radius 2 is 1.95 bits per heavy atom. The van der Waals surface area contributed by atoms with Crippen LogP contribution in [0.2, 0.25) is 5.15 Å². The summed E-state index contributed by atoms with van der Waals surface area (Å²) in [6, 6.07) is 13.0. The molecule has 0 radical (unpaired) electrons. The summed E-state index contributed by atoms with van der Waals surface area (Å²) in [7, 11) is 0. The Morgan fingerprint density at radius 1 is 1.16 bits per heavy atom. The lowest BCUT2D eigenvalue weighted by atomic mass is 9.74. The molecule has 1 fully saturated rings. The van der Waals surface area contributed by atoms with Gasteiger partial charge in [-0.05, 0) is 48.9 Å². The van der Waals surface area contributed by atoms with Gasteiger partial charge in [0.15, 0.2) is 0 Å². The SMILES string of the molecule is Cc1ccccc1C1CC(Nc2ccc(Cl)nc2)C1. The highest BCUT2D eigenvalue weighted by molar-refractivity contribution is 6.29. The smallest absolute Gasteiger partial charge is 0.129 e. The normalized spacial score (nSPS) is 21.8. The van der Waals surface area contributed by atoms with E-state index in [1.54, 1.807) is 6.20 Å². The molecule has 19 heavy (non-hydrogen) atoms. The summed E-state index contributed by atoms with van der Waals surface area (Å²) in [6.45, 7) is 2.19. The molecule has 1 aliphatic carbocycles. The lowest BCUT2D eigenvalue weighted by Gasteiger charge is -2.37. The van der Waals surface area contributed by atoms with Crippen LogP contribution in [-0.4, -0.2) is 11.0 Å². The van der Waals surface area contributed by atoms with Crippen molar-refractivity contribution >= 4 is 17.3 Å². The van der Waals surface area contributed by atoms with Crippen LogP contribution in [0.25, 0.3) is 0 Å². The van der Waals surface area contributed by atoms with Crippen LogP contribution in [0.3, 0.4) is 0 Å². The molecule has 1 heterocycles. The van der Waals surface area contributed by atoms with E-state index in [0.717, 1.165) is 5.69 Å². The van der Waals surface area contributed by atoms with Gasteiger partial charge < -0.3 is 5.32 Å². The summed E-state index contributed by atoms with van der Waals surface area (Å²) in [4.78, 5) is 4.08. The highest BCUT2D eigenvalue weighted by Crippen LogP contribution is 2.39. The summed E-state index contributed by atoms with van der Waals surface area (Å²) in [5.41, 5.74) is 3.95. The Labute approximate surface area is 118 Å². The van der Waals surface area contributed by atoms with Gasteiger partial charge in [-0.3, -0.25) is 0 Å². The second-order valence-corrected chi connectivity index (χ2v) is 5.62. The molecule has 1 aromatic carbocycles. The van der Waals surface area contributed by atoms with Crippen LogP contribution in [-0.2, 0) is 0 Å². The van der Waals surface area contributed by atoms with Crippen molar-refractivity contribution in [3.63, 3.8) is 0 Å². The largest absolute Gasteiger partial charge is 0.381 e. The number of nitrogens with zero attached hydrogens (tertiary/aromatic N) is 1. The van der Waals surface area contributed by atoms with Crippen LogP contribution >= 0.6 is 11.6 Å². The average molecular weight is 273 g/mol. The van der Waals surface area contributed by atoms with Gasteiger partial charge >= 0.3 is 0 Å².